The van der Waals surface area contributed by atoms with Crippen LogP contribution in [0.15, 0.2) is 48.5 Å². The molecule has 9 nitrogen and oxygen atoms in total. The summed E-state index contributed by atoms with van der Waals surface area (Å²) in [5.74, 6) is -3.16. The molecule has 2 aromatic carbocycles. The van der Waals surface area contributed by atoms with Crippen molar-refractivity contribution in [2.24, 2.45) is 0 Å². The standard InChI is InChI=1S/C31H43F2N3O6S/c1-3-8-26(9-4-2)43(40,41)20-28(36-31(39)42-19-21-10-6-5-7-11-21)30(38)35-27(29(37)18-34-25-12-13-25)16-22-14-23(32)17-24(33)15-22/h5-7,10-11,14-15,17,25-29,34,37H,3-4,8-9,12-13,16,18-20H2,1-2H3,(H,35,38)(H,36,39)/t27-,28?,29+/m0/s1. The predicted molar refractivity (Wildman–Crippen MR) is 160 cm³/mol. The molecule has 0 bridgehead atoms. The molecule has 3 rings (SSSR count). The lowest BCUT2D eigenvalue weighted by Crippen LogP contribution is -2.57. The zero-order chi connectivity index (χ0) is 31.4. The van der Waals surface area contributed by atoms with Crippen LogP contribution in [-0.2, 0) is 32.4 Å². The van der Waals surface area contributed by atoms with E-state index in [4.69, 9.17) is 4.74 Å². The van der Waals surface area contributed by atoms with Gasteiger partial charge in [0.25, 0.3) is 0 Å². The first-order chi connectivity index (χ1) is 20.5. The lowest BCUT2D eigenvalue weighted by molar-refractivity contribution is -0.124. The lowest BCUT2D eigenvalue weighted by Gasteiger charge is -2.28. The molecule has 1 aliphatic rings. The number of benzene rings is 2. The number of carbonyl (C=O) groups excluding carboxylic acids is 2. The Bertz CT molecular complexity index is 1270. The molecule has 0 heterocycles. The second-order valence-corrected chi connectivity index (χ2v) is 13.5. The molecular weight excluding hydrogens is 580 g/mol. The van der Waals surface area contributed by atoms with Crippen molar-refractivity contribution >= 4 is 21.8 Å². The smallest absolute Gasteiger partial charge is 0.408 e. The van der Waals surface area contributed by atoms with Gasteiger partial charge >= 0.3 is 6.09 Å². The Morgan fingerprint density at radius 1 is 0.977 bits per heavy atom. The van der Waals surface area contributed by atoms with Crippen molar-refractivity contribution < 1.29 is 36.6 Å². The van der Waals surface area contributed by atoms with Crippen molar-refractivity contribution in [1.82, 2.24) is 16.0 Å². The fourth-order valence-corrected chi connectivity index (χ4v) is 7.03. The van der Waals surface area contributed by atoms with E-state index in [1.165, 1.54) is 0 Å². The third-order valence-electron chi connectivity index (χ3n) is 7.31. The Hall–Kier alpha value is -3.09. The molecule has 1 unspecified atom stereocenters. The topological polar surface area (TPSA) is 134 Å². The Labute approximate surface area is 252 Å². The van der Waals surface area contributed by atoms with E-state index >= 15 is 0 Å². The zero-order valence-corrected chi connectivity index (χ0v) is 25.5. The number of aliphatic hydroxyl groups excluding tert-OH is 1. The fourth-order valence-electron chi connectivity index (χ4n) is 4.87. The summed E-state index contributed by atoms with van der Waals surface area (Å²) in [5, 5.41) is 18.5. The van der Waals surface area contributed by atoms with Crippen LogP contribution in [0.4, 0.5) is 13.6 Å². The number of hydrogen-bond donors (Lipinski definition) is 4. The molecule has 238 valence electrons. The Morgan fingerprint density at radius 2 is 1.60 bits per heavy atom. The minimum Gasteiger partial charge on any atom is -0.445 e. The van der Waals surface area contributed by atoms with Gasteiger partial charge in [-0.05, 0) is 55.4 Å². The van der Waals surface area contributed by atoms with Gasteiger partial charge in [0.15, 0.2) is 9.84 Å². The van der Waals surface area contributed by atoms with Crippen molar-refractivity contribution in [2.45, 2.75) is 94.9 Å². The molecule has 1 fully saturated rings. The van der Waals surface area contributed by atoms with E-state index in [1.54, 1.807) is 30.3 Å². The molecule has 12 heteroatoms. The van der Waals surface area contributed by atoms with Crippen LogP contribution < -0.4 is 16.0 Å². The average molecular weight is 624 g/mol. The molecule has 43 heavy (non-hydrogen) atoms. The van der Waals surface area contributed by atoms with Crippen LogP contribution in [0, 0.1) is 11.6 Å². The van der Waals surface area contributed by atoms with E-state index < -0.39 is 62.7 Å². The highest BCUT2D eigenvalue weighted by Crippen LogP contribution is 2.20. The summed E-state index contributed by atoms with van der Waals surface area (Å²) in [4.78, 5) is 26.4. The van der Waals surface area contributed by atoms with Gasteiger partial charge in [-0.2, -0.15) is 0 Å². The van der Waals surface area contributed by atoms with Crippen LogP contribution in [0.3, 0.4) is 0 Å². The molecule has 2 amide bonds. The predicted octanol–water partition coefficient (Wildman–Crippen LogP) is 3.78. The number of carbonyl (C=O) groups is 2. The summed E-state index contributed by atoms with van der Waals surface area (Å²) in [6, 6.07) is 9.43. The van der Waals surface area contributed by atoms with Gasteiger partial charge < -0.3 is 25.8 Å². The van der Waals surface area contributed by atoms with Crippen molar-refractivity contribution in [3.8, 4) is 0 Å². The van der Waals surface area contributed by atoms with Crippen LogP contribution in [-0.4, -0.2) is 67.3 Å². The van der Waals surface area contributed by atoms with E-state index in [0.29, 0.717) is 31.2 Å². The van der Waals surface area contributed by atoms with Crippen molar-refractivity contribution in [3.63, 3.8) is 0 Å². The molecular formula is C31H43F2N3O6S. The maximum Gasteiger partial charge on any atom is 0.408 e. The summed E-state index contributed by atoms with van der Waals surface area (Å²) >= 11 is 0. The van der Waals surface area contributed by atoms with Gasteiger partial charge in [-0.15, -0.1) is 0 Å². The molecule has 1 saturated carbocycles. The number of sulfone groups is 1. The van der Waals surface area contributed by atoms with Gasteiger partial charge in [0.1, 0.15) is 24.3 Å². The molecule has 3 atom stereocenters. The third kappa shape index (κ3) is 11.8. The molecule has 0 aliphatic heterocycles. The monoisotopic (exact) mass is 623 g/mol. The minimum atomic E-state index is -3.85. The van der Waals surface area contributed by atoms with E-state index in [0.717, 1.165) is 31.0 Å². The number of hydrogen-bond acceptors (Lipinski definition) is 7. The number of ether oxygens (including phenoxy) is 1. The second-order valence-electron chi connectivity index (χ2n) is 11.1. The van der Waals surface area contributed by atoms with E-state index in [-0.39, 0.29) is 31.2 Å². The van der Waals surface area contributed by atoms with Gasteiger partial charge in [0.2, 0.25) is 5.91 Å². The number of aliphatic hydroxyl groups is 1. The summed E-state index contributed by atoms with van der Waals surface area (Å²) in [5.41, 5.74) is 0.893. The molecule has 1 aliphatic carbocycles. The van der Waals surface area contributed by atoms with Crippen molar-refractivity contribution in [1.29, 1.82) is 0 Å². The van der Waals surface area contributed by atoms with Crippen molar-refractivity contribution in [3.05, 3.63) is 71.3 Å². The maximum absolute atomic E-state index is 13.9. The highest BCUT2D eigenvalue weighted by molar-refractivity contribution is 7.92. The fraction of sp³-hybridized carbons (Fsp3) is 0.548. The molecule has 4 N–H and O–H groups in total. The summed E-state index contributed by atoms with van der Waals surface area (Å²) < 4.78 is 60.0. The average Bonchev–Trinajstić information content (AvgIpc) is 3.78. The molecule has 0 aromatic heterocycles. The second kappa shape index (κ2) is 16.7. The quantitative estimate of drug-likeness (QED) is 0.199. The van der Waals surface area contributed by atoms with Crippen LogP contribution >= 0.6 is 0 Å². The van der Waals surface area contributed by atoms with E-state index in [1.807, 2.05) is 13.8 Å². The minimum absolute atomic E-state index is 0.0952. The van der Waals surface area contributed by atoms with Crippen LogP contribution in [0.25, 0.3) is 0 Å². The first-order valence-electron chi connectivity index (χ1n) is 14.9. The van der Waals surface area contributed by atoms with Crippen LogP contribution in [0.2, 0.25) is 0 Å². The van der Waals surface area contributed by atoms with Gasteiger partial charge in [-0.3, -0.25) is 4.79 Å². The Kier molecular flexibility index (Phi) is 13.3. The molecule has 0 radical (unpaired) electrons. The lowest BCUT2D eigenvalue weighted by atomic mass is 10.00. The van der Waals surface area contributed by atoms with Crippen LogP contribution in [0.5, 0.6) is 0 Å². The number of alkyl carbamates (subject to hydrolysis) is 1. The molecule has 0 spiro atoms. The van der Waals surface area contributed by atoms with Crippen molar-refractivity contribution in [2.75, 3.05) is 12.3 Å². The molecule has 0 saturated heterocycles. The SMILES string of the molecule is CCCC(CCC)S(=O)(=O)CC(NC(=O)OCc1ccccc1)C(=O)N[C@@H](Cc1cc(F)cc(F)c1)[C@H](O)CNC1CC1. The third-order valence-corrected chi connectivity index (χ3v) is 9.60. The maximum atomic E-state index is 13.9. The summed E-state index contributed by atoms with van der Waals surface area (Å²) in [6.45, 7) is 3.75. The first kappa shape index (κ1) is 34.4. The van der Waals surface area contributed by atoms with Gasteiger partial charge in [-0.25, -0.2) is 22.0 Å². The summed E-state index contributed by atoms with van der Waals surface area (Å²) in [7, 11) is -3.85. The van der Waals surface area contributed by atoms with E-state index in [9.17, 15) is 31.9 Å². The largest absolute Gasteiger partial charge is 0.445 e. The normalized spacial score (nSPS) is 15.5. The summed E-state index contributed by atoms with van der Waals surface area (Å²) in [6.07, 6.45) is 1.66. The Morgan fingerprint density at radius 3 is 2.19 bits per heavy atom. The van der Waals surface area contributed by atoms with E-state index in [2.05, 4.69) is 16.0 Å². The highest BCUT2D eigenvalue weighted by atomic mass is 32.2. The van der Waals surface area contributed by atoms with Gasteiger partial charge in [0.05, 0.1) is 23.1 Å². The van der Waals surface area contributed by atoms with Crippen LogP contribution in [0.1, 0.15) is 63.5 Å². The number of halogens is 2. The highest BCUT2D eigenvalue weighted by Gasteiger charge is 2.35. The number of rotatable bonds is 18. The van der Waals surface area contributed by atoms with Gasteiger partial charge in [-0.1, -0.05) is 57.0 Å². The Balaban J connectivity index is 1.82. The number of nitrogens with one attached hydrogen (secondary N) is 3. The van der Waals surface area contributed by atoms with Gasteiger partial charge in [0, 0.05) is 18.7 Å². The number of amides is 2. The molecule has 2 aromatic rings. The zero-order valence-electron chi connectivity index (χ0n) is 24.7. The first-order valence-corrected chi connectivity index (χ1v) is 16.6.